The SMILES string of the molecule is C1=CCC(c2cccc(-n3c4ccccc4c4ccc(-c5ccc6c7ncccc7n(-c7ccc(-c8ccccc8)cc7)c6c5)cc43)c2)C=C1. The van der Waals surface area contributed by atoms with Gasteiger partial charge in [0.25, 0.3) is 0 Å². The standard InChI is InChI=1S/C47H33N3/c1-3-11-32(12-4-1)34-20-24-38(25-21-34)49-44-19-10-28-48-47(44)42-27-23-37(31-46(42)49)36-22-26-41-40-17-7-8-18-43(40)50(45(41)30-36)39-16-9-15-35(29-39)33-13-5-2-6-14-33/h1-13,15-31,33H,14H2. The van der Waals surface area contributed by atoms with Crippen molar-refractivity contribution in [1.29, 1.82) is 0 Å². The van der Waals surface area contributed by atoms with Crippen LogP contribution in [-0.2, 0) is 0 Å². The Morgan fingerprint density at radius 2 is 1.14 bits per heavy atom. The largest absolute Gasteiger partial charge is 0.309 e. The van der Waals surface area contributed by atoms with E-state index in [0.717, 1.165) is 34.0 Å². The molecule has 1 aliphatic carbocycles. The number of hydrogen-bond acceptors (Lipinski definition) is 1. The Hall–Kier alpha value is -6.45. The molecular formula is C47H33N3. The third kappa shape index (κ3) is 4.62. The van der Waals surface area contributed by atoms with Gasteiger partial charge in [0.05, 0.1) is 27.6 Å². The van der Waals surface area contributed by atoms with Gasteiger partial charge in [-0.25, -0.2) is 0 Å². The lowest BCUT2D eigenvalue weighted by atomic mass is 9.92. The summed E-state index contributed by atoms with van der Waals surface area (Å²) in [5.41, 5.74) is 14.1. The van der Waals surface area contributed by atoms with E-state index >= 15 is 0 Å². The highest BCUT2D eigenvalue weighted by Crippen LogP contribution is 2.38. The van der Waals surface area contributed by atoms with Crippen LogP contribution in [0.3, 0.4) is 0 Å². The van der Waals surface area contributed by atoms with Crippen LogP contribution in [-0.4, -0.2) is 14.1 Å². The lowest BCUT2D eigenvalue weighted by molar-refractivity contribution is 0.852. The first-order valence-corrected chi connectivity index (χ1v) is 17.3. The van der Waals surface area contributed by atoms with Gasteiger partial charge in [0.1, 0.15) is 0 Å². The molecule has 3 aromatic heterocycles. The third-order valence-electron chi connectivity index (χ3n) is 10.3. The van der Waals surface area contributed by atoms with E-state index in [1.54, 1.807) is 0 Å². The molecule has 9 aromatic rings. The predicted molar refractivity (Wildman–Crippen MR) is 209 cm³/mol. The van der Waals surface area contributed by atoms with E-state index in [4.69, 9.17) is 4.98 Å². The van der Waals surface area contributed by atoms with E-state index in [-0.39, 0.29) is 0 Å². The molecule has 1 atom stereocenters. The molecule has 1 aliphatic rings. The van der Waals surface area contributed by atoms with Gasteiger partial charge in [-0.1, -0.05) is 115 Å². The molecule has 0 aliphatic heterocycles. The molecule has 236 valence electrons. The van der Waals surface area contributed by atoms with Crippen LogP contribution < -0.4 is 0 Å². The van der Waals surface area contributed by atoms with Gasteiger partial charge in [-0.15, -0.1) is 0 Å². The van der Waals surface area contributed by atoms with Gasteiger partial charge in [0.15, 0.2) is 0 Å². The minimum Gasteiger partial charge on any atom is -0.309 e. The summed E-state index contributed by atoms with van der Waals surface area (Å²) in [6, 6.07) is 55.2. The maximum Gasteiger partial charge on any atom is 0.0963 e. The fourth-order valence-electron chi connectivity index (χ4n) is 7.87. The third-order valence-corrected chi connectivity index (χ3v) is 10.3. The molecule has 0 N–H and O–H groups in total. The smallest absolute Gasteiger partial charge is 0.0963 e. The molecule has 3 heterocycles. The van der Waals surface area contributed by atoms with Gasteiger partial charge in [-0.05, 0) is 94.9 Å². The molecule has 50 heavy (non-hydrogen) atoms. The van der Waals surface area contributed by atoms with Crippen molar-refractivity contribution in [3.05, 3.63) is 188 Å². The first kappa shape index (κ1) is 28.6. The molecule has 1 unspecified atom stereocenters. The number of fused-ring (bicyclic) bond motifs is 6. The molecule has 6 aromatic carbocycles. The zero-order valence-electron chi connectivity index (χ0n) is 27.4. The van der Waals surface area contributed by atoms with Crippen LogP contribution in [0.25, 0.3) is 77.4 Å². The van der Waals surface area contributed by atoms with Crippen LogP contribution in [0.15, 0.2) is 182 Å². The summed E-state index contributed by atoms with van der Waals surface area (Å²) >= 11 is 0. The second kappa shape index (κ2) is 11.6. The van der Waals surface area contributed by atoms with Crippen molar-refractivity contribution < 1.29 is 0 Å². The fourth-order valence-corrected chi connectivity index (χ4v) is 7.87. The van der Waals surface area contributed by atoms with Crippen LogP contribution >= 0.6 is 0 Å². The Morgan fingerprint density at radius 3 is 1.96 bits per heavy atom. The predicted octanol–water partition coefficient (Wildman–Crippen LogP) is 12.2. The number of hydrogen-bond donors (Lipinski definition) is 0. The monoisotopic (exact) mass is 639 g/mol. The Kier molecular flexibility index (Phi) is 6.63. The maximum atomic E-state index is 4.84. The van der Waals surface area contributed by atoms with E-state index in [1.807, 2.05) is 12.3 Å². The van der Waals surface area contributed by atoms with Crippen LogP contribution in [0.2, 0.25) is 0 Å². The topological polar surface area (TPSA) is 22.8 Å². The van der Waals surface area contributed by atoms with E-state index in [2.05, 4.69) is 179 Å². The Bertz CT molecular complexity index is 2780. The zero-order chi connectivity index (χ0) is 33.0. The van der Waals surface area contributed by atoms with Gasteiger partial charge in [0.2, 0.25) is 0 Å². The van der Waals surface area contributed by atoms with E-state index < -0.39 is 0 Å². The van der Waals surface area contributed by atoms with Gasteiger partial charge >= 0.3 is 0 Å². The second-order valence-electron chi connectivity index (χ2n) is 13.2. The van der Waals surface area contributed by atoms with Crippen LogP contribution in [0, 0.1) is 0 Å². The van der Waals surface area contributed by atoms with E-state index in [9.17, 15) is 0 Å². The van der Waals surface area contributed by atoms with Gasteiger partial charge in [-0.3, -0.25) is 4.98 Å². The van der Waals surface area contributed by atoms with Gasteiger partial charge in [0, 0.05) is 39.6 Å². The minimum atomic E-state index is 0.395. The van der Waals surface area contributed by atoms with Gasteiger partial charge in [-0.2, -0.15) is 0 Å². The van der Waals surface area contributed by atoms with Crippen molar-refractivity contribution in [3.8, 4) is 33.6 Å². The van der Waals surface area contributed by atoms with E-state index in [1.165, 1.54) is 55.3 Å². The van der Waals surface area contributed by atoms with Crippen LogP contribution in [0.5, 0.6) is 0 Å². The highest BCUT2D eigenvalue weighted by molar-refractivity contribution is 6.11. The number of para-hydroxylation sites is 1. The summed E-state index contributed by atoms with van der Waals surface area (Å²) in [5, 5.41) is 3.67. The minimum absolute atomic E-state index is 0.395. The quantitative estimate of drug-likeness (QED) is 0.184. The average molecular weight is 640 g/mol. The van der Waals surface area contributed by atoms with Crippen molar-refractivity contribution in [2.24, 2.45) is 0 Å². The highest BCUT2D eigenvalue weighted by Gasteiger charge is 2.18. The number of nitrogens with zero attached hydrogens (tertiary/aromatic N) is 3. The molecule has 0 fully saturated rings. The molecule has 0 saturated heterocycles. The Morgan fingerprint density at radius 1 is 0.460 bits per heavy atom. The van der Waals surface area contributed by atoms with Crippen molar-refractivity contribution in [2.75, 3.05) is 0 Å². The number of pyridine rings is 1. The maximum absolute atomic E-state index is 4.84. The molecule has 0 bridgehead atoms. The fraction of sp³-hybridized carbons (Fsp3) is 0.0426. The first-order valence-electron chi connectivity index (χ1n) is 17.3. The molecule has 0 radical (unpaired) electrons. The summed E-state index contributed by atoms with van der Waals surface area (Å²) in [7, 11) is 0. The van der Waals surface area contributed by atoms with Crippen LogP contribution in [0.4, 0.5) is 0 Å². The first-order chi connectivity index (χ1) is 24.8. The number of rotatable bonds is 5. The Labute approximate surface area is 290 Å². The van der Waals surface area contributed by atoms with Gasteiger partial charge < -0.3 is 9.13 Å². The molecule has 0 saturated carbocycles. The lowest BCUT2D eigenvalue weighted by Crippen LogP contribution is -1.99. The van der Waals surface area contributed by atoms with Crippen LogP contribution in [0.1, 0.15) is 17.9 Å². The van der Waals surface area contributed by atoms with Crippen molar-refractivity contribution >= 4 is 43.7 Å². The summed E-state index contributed by atoms with van der Waals surface area (Å²) in [6.07, 6.45) is 11.8. The van der Waals surface area contributed by atoms with Crippen molar-refractivity contribution in [3.63, 3.8) is 0 Å². The lowest BCUT2D eigenvalue weighted by Gasteiger charge is -2.16. The number of aromatic nitrogens is 3. The van der Waals surface area contributed by atoms with Crippen molar-refractivity contribution in [2.45, 2.75) is 12.3 Å². The number of allylic oxidation sites excluding steroid dienone is 4. The second-order valence-corrected chi connectivity index (χ2v) is 13.2. The number of benzene rings is 6. The Balaban J connectivity index is 1.14. The summed E-state index contributed by atoms with van der Waals surface area (Å²) in [6.45, 7) is 0. The molecule has 3 nitrogen and oxygen atoms in total. The van der Waals surface area contributed by atoms with Crippen molar-refractivity contribution in [1.82, 2.24) is 14.1 Å². The molecular weight excluding hydrogens is 607 g/mol. The summed E-state index contributed by atoms with van der Waals surface area (Å²) < 4.78 is 4.79. The normalized spacial score (nSPS) is 14.4. The zero-order valence-corrected chi connectivity index (χ0v) is 27.4. The molecule has 0 amide bonds. The van der Waals surface area contributed by atoms with E-state index in [0.29, 0.717) is 5.92 Å². The molecule has 10 rings (SSSR count). The summed E-state index contributed by atoms with van der Waals surface area (Å²) in [5.74, 6) is 0.395. The highest BCUT2D eigenvalue weighted by atomic mass is 15.0. The molecule has 0 spiro atoms. The summed E-state index contributed by atoms with van der Waals surface area (Å²) in [4.78, 5) is 4.84. The average Bonchev–Trinajstić information content (AvgIpc) is 3.71. The molecule has 3 heteroatoms.